The lowest BCUT2D eigenvalue weighted by atomic mass is 10.1. The Bertz CT molecular complexity index is 426. The van der Waals surface area contributed by atoms with Crippen LogP contribution >= 0.6 is 0 Å². The Morgan fingerprint density at radius 3 is 2.24 bits per heavy atom. The average Bonchev–Trinajstić information content (AvgIpc) is 2.41. The highest BCUT2D eigenvalue weighted by molar-refractivity contribution is 5.49. The van der Waals surface area contributed by atoms with Crippen molar-refractivity contribution >= 4 is 6.08 Å². The van der Waals surface area contributed by atoms with E-state index in [2.05, 4.69) is 83.3 Å². The Labute approximate surface area is 130 Å². The first kappa shape index (κ1) is 17.9. The van der Waals surface area contributed by atoms with Gasteiger partial charge in [-0.25, -0.2) is 0 Å². The zero-order valence-electron chi connectivity index (χ0n) is 14.4. The summed E-state index contributed by atoms with van der Waals surface area (Å²) in [5.41, 5.74) is 2.36. The van der Waals surface area contributed by atoms with E-state index in [-0.39, 0.29) is 5.60 Å². The van der Waals surface area contributed by atoms with Crippen LogP contribution < -0.4 is 5.32 Å². The van der Waals surface area contributed by atoms with Crippen LogP contribution in [0, 0.1) is 5.92 Å². The topological polar surface area (TPSA) is 21.3 Å². The fraction of sp³-hybridized carbons (Fsp3) is 0.579. The quantitative estimate of drug-likeness (QED) is 0.789. The van der Waals surface area contributed by atoms with Crippen molar-refractivity contribution in [2.75, 3.05) is 6.54 Å². The van der Waals surface area contributed by atoms with E-state index in [1.54, 1.807) is 0 Å². The second kappa shape index (κ2) is 8.35. The van der Waals surface area contributed by atoms with Crippen molar-refractivity contribution in [3.05, 3.63) is 41.5 Å². The molecular weight excluding hydrogens is 258 g/mol. The molecule has 0 saturated carbocycles. The van der Waals surface area contributed by atoms with Gasteiger partial charge < -0.3 is 10.1 Å². The number of rotatable bonds is 7. The second-order valence-electron chi connectivity index (χ2n) is 6.99. The Balaban J connectivity index is 2.40. The number of ether oxygens (including phenoxy) is 1. The third-order valence-electron chi connectivity index (χ3n) is 3.52. The predicted octanol–water partition coefficient (Wildman–Crippen LogP) is 4.65. The van der Waals surface area contributed by atoms with E-state index in [1.165, 1.54) is 11.1 Å². The summed E-state index contributed by atoms with van der Waals surface area (Å²) in [4.78, 5) is 0. The predicted molar refractivity (Wildman–Crippen MR) is 92.3 cm³/mol. The third-order valence-corrected chi connectivity index (χ3v) is 3.52. The number of benzene rings is 1. The van der Waals surface area contributed by atoms with Gasteiger partial charge in [0.1, 0.15) is 0 Å². The van der Waals surface area contributed by atoms with Gasteiger partial charge in [-0.1, -0.05) is 50.3 Å². The van der Waals surface area contributed by atoms with Gasteiger partial charge in [0.2, 0.25) is 0 Å². The first-order valence-electron chi connectivity index (χ1n) is 7.91. The molecule has 0 spiro atoms. The summed E-state index contributed by atoms with van der Waals surface area (Å²) < 4.78 is 5.77. The van der Waals surface area contributed by atoms with Crippen LogP contribution in [0.2, 0.25) is 0 Å². The molecule has 1 unspecified atom stereocenters. The summed E-state index contributed by atoms with van der Waals surface area (Å²) >= 11 is 0. The summed E-state index contributed by atoms with van der Waals surface area (Å²) in [7, 11) is 0. The highest BCUT2D eigenvalue weighted by Crippen LogP contribution is 2.13. The van der Waals surface area contributed by atoms with Gasteiger partial charge in [-0.05, 0) is 44.7 Å². The highest BCUT2D eigenvalue weighted by Gasteiger charge is 2.09. The molecular formula is C19H31NO. The van der Waals surface area contributed by atoms with E-state index < -0.39 is 0 Å². The Morgan fingerprint density at radius 1 is 1.10 bits per heavy atom. The van der Waals surface area contributed by atoms with Crippen LogP contribution in [0.3, 0.4) is 0 Å². The van der Waals surface area contributed by atoms with Gasteiger partial charge >= 0.3 is 0 Å². The first-order chi connectivity index (χ1) is 9.78. The molecule has 1 aromatic rings. The minimum Gasteiger partial charge on any atom is -0.371 e. The fourth-order valence-corrected chi connectivity index (χ4v) is 1.71. The van der Waals surface area contributed by atoms with Crippen molar-refractivity contribution in [1.29, 1.82) is 0 Å². The Hall–Kier alpha value is -1.12. The van der Waals surface area contributed by atoms with Gasteiger partial charge in [0.25, 0.3) is 0 Å². The van der Waals surface area contributed by atoms with Gasteiger partial charge in [-0.15, -0.1) is 0 Å². The van der Waals surface area contributed by atoms with Crippen LogP contribution in [-0.2, 0) is 11.3 Å². The monoisotopic (exact) mass is 289 g/mol. The smallest absolute Gasteiger partial charge is 0.0724 e. The molecule has 0 aliphatic heterocycles. The van der Waals surface area contributed by atoms with E-state index in [0.29, 0.717) is 18.6 Å². The molecule has 1 aromatic carbocycles. The van der Waals surface area contributed by atoms with Crippen molar-refractivity contribution in [1.82, 2.24) is 5.32 Å². The lowest BCUT2D eigenvalue weighted by Crippen LogP contribution is -2.30. The molecule has 0 heterocycles. The Kier molecular flexibility index (Phi) is 7.13. The molecule has 21 heavy (non-hydrogen) atoms. The maximum Gasteiger partial charge on any atom is 0.0724 e. The first-order valence-corrected chi connectivity index (χ1v) is 7.91. The normalized spacial score (nSPS) is 14.0. The van der Waals surface area contributed by atoms with Crippen molar-refractivity contribution in [3.8, 4) is 0 Å². The van der Waals surface area contributed by atoms with Crippen LogP contribution in [0.25, 0.3) is 6.08 Å². The van der Waals surface area contributed by atoms with Crippen LogP contribution in [0.1, 0.15) is 52.7 Å². The van der Waals surface area contributed by atoms with Gasteiger partial charge in [0.05, 0.1) is 12.2 Å². The number of hydrogen-bond acceptors (Lipinski definition) is 2. The summed E-state index contributed by atoms with van der Waals surface area (Å²) in [5.74, 6) is 0.667. The van der Waals surface area contributed by atoms with E-state index in [1.807, 2.05) is 0 Å². The van der Waals surface area contributed by atoms with Gasteiger partial charge in [-0.2, -0.15) is 0 Å². The van der Waals surface area contributed by atoms with Crippen LogP contribution in [0.5, 0.6) is 0 Å². The van der Waals surface area contributed by atoms with Crippen LogP contribution in [0.15, 0.2) is 30.3 Å². The lowest BCUT2D eigenvalue weighted by Gasteiger charge is -2.19. The van der Waals surface area contributed by atoms with Crippen LogP contribution in [0.4, 0.5) is 0 Å². The van der Waals surface area contributed by atoms with E-state index in [0.717, 1.165) is 6.54 Å². The molecule has 0 aliphatic rings. The van der Waals surface area contributed by atoms with Crippen molar-refractivity contribution < 1.29 is 4.74 Å². The van der Waals surface area contributed by atoms with Gasteiger partial charge in [0.15, 0.2) is 0 Å². The molecule has 2 nitrogen and oxygen atoms in total. The molecule has 0 bridgehead atoms. The maximum atomic E-state index is 5.77. The van der Waals surface area contributed by atoms with Crippen molar-refractivity contribution in [2.24, 2.45) is 5.92 Å². The molecule has 1 rings (SSSR count). The molecule has 0 fully saturated rings. The molecule has 1 atom stereocenters. The molecule has 0 amide bonds. The minimum absolute atomic E-state index is 0.0860. The average molecular weight is 289 g/mol. The molecule has 0 aliphatic carbocycles. The molecule has 2 heteroatoms. The van der Waals surface area contributed by atoms with Crippen molar-refractivity contribution in [3.63, 3.8) is 0 Å². The van der Waals surface area contributed by atoms with E-state index in [4.69, 9.17) is 4.74 Å². The number of hydrogen-bond donors (Lipinski definition) is 1. The molecule has 0 aromatic heterocycles. The molecule has 118 valence electrons. The van der Waals surface area contributed by atoms with Gasteiger partial charge in [0, 0.05) is 12.6 Å². The largest absolute Gasteiger partial charge is 0.371 e. The Morgan fingerprint density at radius 2 is 1.71 bits per heavy atom. The summed E-state index contributed by atoms with van der Waals surface area (Å²) in [6.45, 7) is 14.5. The number of nitrogens with one attached hydrogen (secondary N) is 1. The molecule has 0 radical (unpaired) electrons. The molecule has 1 N–H and O–H groups in total. The minimum atomic E-state index is -0.0860. The summed E-state index contributed by atoms with van der Waals surface area (Å²) in [6.07, 6.45) is 4.34. The van der Waals surface area contributed by atoms with Gasteiger partial charge in [-0.3, -0.25) is 0 Å². The van der Waals surface area contributed by atoms with Crippen molar-refractivity contribution in [2.45, 2.75) is 59.8 Å². The third kappa shape index (κ3) is 8.03. The lowest BCUT2D eigenvalue weighted by molar-refractivity contribution is -0.0149. The SMILES string of the molecule is CC(C)C(C)NC/C=C/c1ccc(COC(C)(C)C)cc1. The zero-order chi connectivity index (χ0) is 15.9. The fourth-order valence-electron chi connectivity index (χ4n) is 1.71. The standard InChI is InChI=1S/C19H31NO/c1-15(2)16(3)20-13-7-8-17-9-11-18(12-10-17)14-21-19(4,5)6/h7-12,15-16,20H,13-14H2,1-6H3/b8-7+. The van der Waals surface area contributed by atoms with E-state index in [9.17, 15) is 0 Å². The maximum absolute atomic E-state index is 5.77. The summed E-state index contributed by atoms with van der Waals surface area (Å²) in [6, 6.07) is 9.10. The van der Waals surface area contributed by atoms with Crippen LogP contribution in [-0.4, -0.2) is 18.2 Å². The zero-order valence-corrected chi connectivity index (χ0v) is 14.4. The highest BCUT2D eigenvalue weighted by atomic mass is 16.5. The van der Waals surface area contributed by atoms with E-state index >= 15 is 0 Å². The second-order valence-corrected chi connectivity index (χ2v) is 6.99. The summed E-state index contributed by atoms with van der Waals surface area (Å²) in [5, 5.41) is 3.49. The molecule has 0 saturated heterocycles.